The van der Waals surface area contributed by atoms with Crippen LogP contribution in [0.1, 0.15) is 13.8 Å². The van der Waals surface area contributed by atoms with Crippen molar-refractivity contribution in [2.45, 2.75) is 24.0 Å². The highest BCUT2D eigenvalue weighted by molar-refractivity contribution is 7.92. The molecule has 0 unspecified atom stereocenters. The number of halogens is 1. The van der Waals surface area contributed by atoms with Gasteiger partial charge in [-0.25, -0.2) is 8.42 Å². The minimum Gasteiger partial charge on any atom is -0.494 e. The molecule has 1 aromatic heterocycles. The number of sulfone groups is 1. The van der Waals surface area contributed by atoms with Gasteiger partial charge in [-0.2, -0.15) is 9.97 Å². The molecular weight excluding hydrogens is 514 g/mol. The molecule has 4 N–H and O–H groups in total. The monoisotopic (exact) mass is 545 g/mol. The molecule has 198 valence electrons. The maximum Gasteiger partial charge on any atom is 0.231 e. The SMILES string of the molecule is COc1cc(N2CCN(C)CC2)ccc1Nc1nc(N)c(Cl)c(Nc2ccccc2S(=O)(=O)C(C)C)n1. The van der Waals surface area contributed by atoms with E-state index in [0.717, 1.165) is 31.9 Å². The first-order chi connectivity index (χ1) is 17.6. The number of anilines is 6. The van der Waals surface area contributed by atoms with Crippen LogP contribution in [0.4, 0.5) is 34.6 Å². The zero-order chi connectivity index (χ0) is 26.7. The fourth-order valence-corrected chi connectivity index (χ4v) is 5.30. The van der Waals surface area contributed by atoms with Gasteiger partial charge in [-0.05, 0) is 45.2 Å². The average Bonchev–Trinajstić information content (AvgIpc) is 2.88. The first-order valence-electron chi connectivity index (χ1n) is 11.9. The van der Waals surface area contributed by atoms with Crippen LogP contribution < -0.4 is 26.0 Å². The van der Waals surface area contributed by atoms with Crippen LogP contribution in [0.3, 0.4) is 0 Å². The third kappa shape index (κ3) is 5.84. The quantitative estimate of drug-likeness (QED) is 0.380. The number of hydrogen-bond donors (Lipinski definition) is 3. The van der Waals surface area contributed by atoms with Crippen LogP contribution in [0.25, 0.3) is 0 Å². The van der Waals surface area contributed by atoms with Crippen LogP contribution in [0.2, 0.25) is 5.02 Å². The Kier molecular flexibility index (Phi) is 7.96. The zero-order valence-corrected chi connectivity index (χ0v) is 22.9. The highest BCUT2D eigenvalue weighted by atomic mass is 35.5. The first-order valence-corrected chi connectivity index (χ1v) is 13.8. The third-order valence-electron chi connectivity index (χ3n) is 6.24. The molecule has 12 heteroatoms. The number of ether oxygens (including phenoxy) is 1. The van der Waals surface area contributed by atoms with Crippen LogP contribution in [0.5, 0.6) is 5.75 Å². The summed E-state index contributed by atoms with van der Waals surface area (Å²) in [6.45, 7) is 7.13. The number of piperazine rings is 1. The summed E-state index contributed by atoms with van der Waals surface area (Å²) in [4.78, 5) is 13.5. The van der Waals surface area contributed by atoms with Crippen molar-refractivity contribution < 1.29 is 13.2 Å². The molecule has 1 aliphatic heterocycles. The van der Waals surface area contributed by atoms with Gasteiger partial charge in [-0.1, -0.05) is 23.7 Å². The molecule has 1 aliphatic rings. The van der Waals surface area contributed by atoms with Crippen molar-refractivity contribution in [2.75, 3.05) is 61.6 Å². The number of nitrogens with one attached hydrogen (secondary N) is 2. The van der Waals surface area contributed by atoms with Crippen LogP contribution in [-0.4, -0.2) is 68.9 Å². The Morgan fingerprint density at radius 2 is 1.73 bits per heavy atom. The topological polar surface area (TPSA) is 126 Å². The van der Waals surface area contributed by atoms with E-state index in [9.17, 15) is 8.42 Å². The summed E-state index contributed by atoms with van der Waals surface area (Å²) in [6, 6.07) is 12.5. The Hall–Kier alpha value is -3.28. The number of methoxy groups -OCH3 is 1. The summed E-state index contributed by atoms with van der Waals surface area (Å²) in [6.07, 6.45) is 0. The van der Waals surface area contributed by atoms with Gasteiger partial charge in [0.1, 0.15) is 16.6 Å². The minimum atomic E-state index is -3.55. The molecule has 4 rings (SSSR count). The molecule has 2 aromatic carbocycles. The van der Waals surface area contributed by atoms with Crippen molar-refractivity contribution in [2.24, 2.45) is 0 Å². The first kappa shape index (κ1) is 26.8. The summed E-state index contributed by atoms with van der Waals surface area (Å²) in [5.74, 6) is 1.02. The molecule has 10 nitrogen and oxygen atoms in total. The second kappa shape index (κ2) is 11.0. The van der Waals surface area contributed by atoms with Crippen molar-refractivity contribution in [3.8, 4) is 5.75 Å². The predicted molar refractivity (Wildman–Crippen MR) is 149 cm³/mol. The van der Waals surface area contributed by atoms with Gasteiger partial charge < -0.3 is 30.9 Å². The number of nitrogens with two attached hydrogens (primary N) is 1. The number of nitrogen functional groups attached to an aromatic ring is 1. The van der Waals surface area contributed by atoms with Crippen LogP contribution in [0, 0.1) is 0 Å². The highest BCUT2D eigenvalue weighted by Gasteiger charge is 2.24. The molecule has 0 amide bonds. The lowest BCUT2D eigenvalue weighted by molar-refractivity contribution is 0.312. The summed E-state index contributed by atoms with van der Waals surface area (Å²) >= 11 is 6.40. The van der Waals surface area contributed by atoms with E-state index in [2.05, 4.69) is 37.4 Å². The van der Waals surface area contributed by atoms with Crippen molar-refractivity contribution in [3.05, 3.63) is 47.5 Å². The number of rotatable bonds is 8. The van der Waals surface area contributed by atoms with Crippen molar-refractivity contribution in [1.29, 1.82) is 0 Å². The molecule has 0 bridgehead atoms. The van der Waals surface area contributed by atoms with E-state index in [-0.39, 0.29) is 27.5 Å². The fourth-order valence-electron chi connectivity index (χ4n) is 3.97. The maximum atomic E-state index is 12.9. The summed E-state index contributed by atoms with van der Waals surface area (Å²) < 4.78 is 31.4. The summed E-state index contributed by atoms with van der Waals surface area (Å²) in [7, 11) is 0.166. The Morgan fingerprint density at radius 1 is 1.03 bits per heavy atom. The predicted octanol–water partition coefficient (Wildman–Crippen LogP) is 4.14. The molecular formula is C25H32ClN7O3S. The molecule has 0 atom stereocenters. The number of para-hydroxylation sites is 1. The average molecular weight is 546 g/mol. The molecule has 3 aromatic rings. The third-order valence-corrected chi connectivity index (χ3v) is 8.83. The fraction of sp³-hybridized carbons (Fsp3) is 0.360. The second-order valence-electron chi connectivity index (χ2n) is 9.11. The largest absolute Gasteiger partial charge is 0.494 e. The molecule has 0 saturated carbocycles. The molecule has 1 saturated heterocycles. The summed E-state index contributed by atoms with van der Waals surface area (Å²) in [5, 5.41) is 5.66. The standard InChI is InChI=1S/C25H32ClN7O3S/c1-16(2)37(34,35)21-8-6-5-7-19(21)28-24-22(26)23(27)30-25(31-24)29-18-10-9-17(15-20(18)36-4)33-13-11-32(3)12-14-33/h5-10,15-16H,11-14H2,1-4H3,(H4,27,28,29,30,31). The van der Waals surface area contributed by atoms with Gasteiger partial charge in [-0.3, -0.25) is 0 Å². The Labute approximate surface area is 222 Å². The number of benzene rings is 2. The van der Waals surface area contributed by atoms with E-state index in [4.69, 9.17) is 22.1 Å². The molecule has 2 heterocycles. The molecule has 0 aliphatic carbocycles. The van der Waals surface area contributed by atoms with Gasteiger partial charge >= 0.3 is 0 Å². The lowest BCUT2D eigenvalue weighted by Crippen LogP contribution is -2.44. The van der Waals surface area contributed by atoms with Gasteiger partial charge in [0.2, 0.25) is 5.95 Å². The lowest BCUT2D eigenvalue weighted by atomic mass is 10.2. The van der Waals surface area contributed by atoms with Gasteiger partial charge in [0.05, 0.1) is 28.6 Å². The van der Waals surface area contributed by atoms with Gasteiger partial charge in [0.15, 0.2) is 15.7 Å². The zero-order valence-electron chi connectivity index (χ0n) is 21.3. The van der Waals surface area contributed by atoms with Gasteiger partial charge in [0, 0.05) is 37.9 Å². The van der Waals surface area contributed by atoms with E-state index in [1.165, 1.54) is 0 Å². The lowest BCUT2D eigenvalue weighted by Gasteiger charge is -2.34. The Bertz CT molecular complexity index is 1380. The van der Waals surface area contributed by atoms with Crippen molar-refractivity contribution in [3.63, 3.8) is 0 Å². The Balaban J connectivity index is 1.62. The summed E-state index contributed by atoms with van der Waals surface area (Å²) in [5.41, 5.74) is 8.14. The number of likely N-dealkylation sites (N-methyl/N-ethyl adjacent to an activating group) is 1. The molecule has 37 heavy (non-hydrogen) atoms. The smallest absolute Gasteiger partial charge is 0.231 e. The molecule has 1 fully saturated rings. The van der Waals surface area contributed by atoms with E-state index in [0.29, 0.717) is 17.1 Å². The van der Waals surface area contributed by atoms with E-state index >= 15 is 0 Å². The van der Waals surface area contributed by atoms with E-state index < -0.39 is 15.1 Å². The van der Waals surface area contributed by atoms with Crippen LogP contribution in [-0.2, 0) is 9.84 Å². The van der Waals surface area contributed by atoms with Gasteiger partial charge in [-0.15, -0.1) is 0 Å². The molecule has 0 spiro atoms. The van der Waals surface area contributed by atoms with Gasteiger partial charge in [0.25, 0.3) is 0 Å². The maximum absolute atomic E-state index is 12.9. The van der Waals surface area contributed by atoms with Crippen molar-refractivity contribution in [1.82, 2.24) is 14.9 Å². The van der Waals surface area contributed by atoms with E-state index in [1.54, 1.807) is 45.2 Å². The van der Waals surface area contributed by atoms with Crippen molar-refractivity contribution >= 4 is 56.1 Å². The number of aromatic nitrogens is 2. The molecule has 0 radical (unpaired) electrons. The number of nitrogens with zero attached hydrogens (tertiary/aromatic N) is 4. The highest BCUT2D eigenvalue weighted by Crippen LogP contribution is 2.35. The normalized spacial score (nSPS) is 14.6. The number of hydrogen-bond acceptors (Lipinski definition) is 10. The Morgan fingerprint density at radius 3 is 2.41 bits per heavy atom. The van der Waals surface area contributed by atoms with E-state index in [1.807, 2.05) is 18.2 Å². The van der Waals surface area contributed by atoms with Crippen LogP contribution in [0.15, 0.2) is 47.4 Å². The second-order valence-corrected chi connectivity index (χ2v) is 12.0. The van der Waals surface area contributed by atoms with Crippen LogP contribution >= 0.6 is 11.6 Å². The minimum absolute atomic E-state index is 0.0406.